The van der Waals surface area contributed by atoms with Gasteiger partial charge >= 0.3 is 5.97 Å². The molecule has 0 aromatic heterocycles. The first-order valence-corrected chi connectivity index (χ1v) is 6.05. The molecular weight excluding hydrogens is 212 g/mol. The predicted molar refractivity (Wildman–Crippen MR) is 70.8 cm³/mol. The lowest BCUT2D eigenvalue weighted by atomic mass is 10.1. The van der Waals surface area contributed by atoms with Crippen LogP contribution in [0.15, 0.2) is 24.3 Å². The fourth-order valence-corrected chi connectivity index (χ4v) is 1.64. The molecule has 0 atom stereocenters. The van der Waals surface area contributed by atoms with Crippen LogP contribution in [0.4, 0.5) is 0 Å². The van der Waals surface area contributed by atoms with E-state index in [4.69, 9.17) is 4.74 Å². The van der Waals surface area contributed by atoms with Crippen molar-refractivity contribution < 1.29 is 9.53 Å². The maximum absolute atomic E-state index is 11.4. The summed E-state index contributed by atoms with van der Waals surface area (Å²) < 4.78 is 5.04. The Morgan fingerprint density at radius 2 is 1.88 bits per heavy atom. The molecule has 1 aromatic carbocycles. The fraction of sp³-hybridized carbons (Fsp3) is 0.400. The Labute approximate surface area is 103 Å². The lowest BCUT2D eigenvalue weighted by molar-refractivity contribution is -0.137. The normalized spacial score (nSPS) is 10.8. The predicted octanol–water partition coefficient (Wildman–Crippen LogP) is 3.66. The summed E-state index contributed by atoms with van der Waals surface area (Å²) in [4.78, 5) is 11.4. The summed E-state index contributed by atoms with van der Waals surface area (Å²) in [6, 6.07) is 6.20. The van der Waals surface area contributed by atoms with Gasteiger partial charge in [-0.1, -0.05) is 42.7 Å². The van der Waals surface area contributed by atoms with Gasteiger partial charge in [0.1, 0.15) is 0 Å². The van der Waals surface area contributed by atoms with Gasteiger partial charge < -0.3 is 4.74 Å². The number of rotatable bonds is 5. The second kappa shape index (κ2) is 6.89. The van der Waals surface area contributed by atoms with Crippen molar-refractivity contribution in [2.45, 2.75) is 33.6 Å². The standard InChI is InChI=1S/C15H20O2/c1-4-5-8-17-15(16)7-6-14-10-12(2)9-13(3)11-14/h6-7,9-11H,4-5,8H2,1-3H3. The van der Waals surface area contributed by atoms with Crippen molar-refractivity contribution in [3.05, 3.63) is 41.0 Å². The highest BCUT2D eigenvalue weighted by atomic mass is 16.5. The van der Waals surface area contributed by atoms with E-state index in [2.05, 4.69) is 13.0 Å². The number of hydrogen-bond acceptors (Lipinski definition) is 2. The zero-order chi connectivity index (χ0) is 12.7. The van der Waals surface area contributed by atoms with Crippen molar-refractivity contribution in [3.8, 4) is 0 Å². The van der Waals surface area contributed by atoms with Gasteiger partial charge in [-0.05, 0) is 31.9 Å². The van der Waals surface area contributed by atoms with E-state index in [0.29, 0.717) is 6.61 Å². The largest absolute Gasteiger partial charge is 0.463 e. The quantitative estimate of drug-likeness (QED) is 0.440. The number of carbonyl (C=O) groups excluding carboxylic acids is 1. The highest BCUT2D eigenvalue weighted by Crippen LogP contribution is 2.10. The van der Waals surface area contributed by atoms with Crippen molar-refractivity contribution >= 4 is 12.0 Å². The average molecular weight is 232 g/mol. The van der Waals surface area contributed by atoms with E-state index >= 15 is 0 Å². The van der Waals surface area contributed by atoms with Crippen LogP contribution in [-0.2, 0) is 9.53 Å². The van der Waals surface area contributed by atoms with Crippen LogP contribution < -0.4 is 0 Å². The molecule has 0 radical (unpaired) electrons. The summed E-state index contributed by atoms with van der Waals surface area (Å²) in [5.41, 5.74) is 3.43. The van der Waals surface area contributed by atoms with E-state index in [0.717, 1.165) is 18.4 Å². The van der Waals surface area contributed by atoms with Crippen LogP contribution in [0.1, 0.15) is 36.5 Å². The third-order valence-corrected chi connectivity index (χ3v) is 2.40. The van der Waals surface area contributed by atoms with Crippen LogP contribution in [0.25, 0.3) is 6.08 Å². The Balaban J connectivity index is 2.54. The highest BCUT2D eigenvalue weighted by Gasteiger charge is 1.97. The van der Waals surface area contributed by atoms with Crippen LogP contribution in [0.2, 0.25) is 0 Å². The summed E-state index contributed by atoms with van der Waals surface area (Å²) in [7, 11) is 0. The molecule has 0 bridgehead atoms. The first kappa shape index (κ1) is 13.5. The maximum Gasteiger partial charge on any atom is 0.330 e. The van der Waals surface area contributed by atoms with E-state index in [1.54, 1.807) is 6.08 Å². The molecule has 0 spiro atoms. The molecule has 0 saturated heterocycles. The summed E-state index contributed by atoms with van der Waals surface area (Å²) >= 11 is 0. The second-order valence-corrected chi connectivity index (χ2v) is 4.28. The molecule has 0 heterocycles. The molecule has 0 aliphatic carbocycles. The third kappa shape index (κ3) is 5.34. The summed E-state index contributed by atoms with van der Waals surface area (Å²) in [5.74, 6) is -0.266. The number of aryl methyl sites for hydroxylation is 2. The van der Waals surface area contributed by atoms with Crippen molar-refractivity contribution in [1.29, 1.82) is 0 Å². The molecule has 17 heavy (non-hydrogen) atoms. The average Bonchev–Trinajstić information content (AvgIpc) is 2.25. The zero-order valence-corrected chi connectivity index (χ0v) is 10.8. The van der Waals surface area contributed by atoms with Crippen LogP contribution >= 0.6 is 0 Å². The molecule has 92 valence electrons. The van der Waals surface area contributed by atoms with Gasteiger partial charge in [0.05, 0.1) is 6.61 Å². The maximum atomic E-state index is 11.4. The Morgan fingerprint density at radius 3 is 2.47 bits per heavy atom. The summed E-state index contributed by atoms with van der Waals surface area (Å²) in [6.07, 6.45) is 5.25. The molecule has 2 heteroatoms. The number of esters is 1. The number of carbonyl (C=O) groups is 1. The third-order valence-electron chi connectivity index (χ3n) is 2.40. The summed E-state index contributed by atoms with van der Waals surface area (Å²) in [5, 5.41) is 0. The smallest absolute Gasteiger partial charge is 0.330 e. The van der Waals surface area contributed by atoms with Crippen LogP contribution in [0, 0.1) is 13.8 Å². The van der Waals surface area contributed by atoms with Gasteiger partial charge in [0, 0.05) is 6.08 Å². The zero-order valence-electron chi connectivity index (χ0n) is 10.8. The van der Waals surface area contributed by atoms with Gasteiger partial charge in [-0.25, -0.2) is 4.79 Å². The molecule has 0 unspecified atom stereocenters. The molecule has 0 fully saturated rings. The molecule has 0 aliphatic rings. The van der Waals surface area contributed by atoms with Gasteiger partial charge in [-0.2, -0.15) is 0 Å². The Morgan fingerprint density at radius 1 is 1.24 bits per heavy atom. The molecule has 0 amide bonds. The number of unbranched alkanes of at least 4 members (excludes halogenated alkanes) is 1. The van der Waals surface area contributed by atoms with E-state index in [9.17, 15) is 4.79 Å². The molecule has 1 rings (SSSR count). The van der Waals surface area contributed by atoms with Gasteiger partial charge in [-0.3, -0.25) is 0 Å². The van der Waals surface area contributed by atoms with Crippen molar-refractivity contribution in [2.75, 3.05) is 6.61 Å². The lowest BCUT2D eigenvalue weighted by Gasteiger charge is -2.01. The molecule has 0 N–H and O–H groups in total. The minimum atomic E-state index is -0.266. The van der Waals surface area contributed by atoms with E-state index in [1.165, 1.54) is 17.2 Å². The highest BCUT2D eigenvalue weighted by molar-refractivity contribution is 5.87. The Bertz CT molecular complexity index is 385. The monoisotopic (exact) mass is 232 g/mol. The van der Waals surface area contributed by atoms with Crippen molar-refractivity contribution in [3.63, 3.8) is 0 Å². The molecule has 1 aromatic rings. The van der Waals surface area contributed by atoms with Gasteiger partial charge in [0.25, 0.3) is 0 Å². The van der Waals surface area contributed by atoms with Gasteiger partial charge in [0.2, 0.25) is 0 Å². The molecular formula is C15H20O2. The Hall–Kier alpha value is -1.57. The van der Waals surface area contributed by atoms with Crippen LogP contribution in [0.5, 0.6) is 0 Å². The second-order valence-electron chi connectivity index (χ2n) is 4.28. The SMILES string of the molecule is CCCCOC(=O)C=Cc1cc(C)cc(C)c1. The molecule has 0 aliphatic heterocycles. The Kier molecular flexibility index (Phi) is 5.47. The van der Waals surface area contributed by atoms with E-state index < -0.39 is 0 Å². The van der Waals surface area contributed by atoms with Gasteiger partial charge in [0.15, 0.2) is 0 Å². The number of hydrogen-bond donors (Lipinski definition) is 0. The van der Waals surface area contributed by atoms with E-state index in [1.807, 2.05) is 26.0 Å². The fourth-order valence-electron chi connectivity index (χ4n) is 1.64. The van der Waals surface area contributed by atoms with Crippen molar-refractivity contribution in [1.82, 2.24) is 0 Å². The topological polar surface area (TPSA) is 26.3 Å². The van der Waals surface area contributed by atoms with Crippen LogP contribution in [-0.4, -0.2) is 12.6 Å². The van der Waals surface area contributed by atoms with E-state index in [-0.39, 0.29) is 5.97 Å². The van der Waals surface area contributed by atoms with Crippen molar-refractivity contribution in [2.24, 2.45) is 0 Å². The number of benzene rings is 1. The minimum Gasteiger partial charge on any atom is -0.463 e. The lowest BCUT2D eigenvalue weighted by Crippen LogP contribution is -2.01. The molecule has 0 saturated carbocycles. The summed E-state index contributed by atoms with van der Waals surface area (Å²) in [6.45, 7) is 6.67. The van der Waals surface area contributed by atoms with Gasteiger partial charge in [-0.15, -0.1) is 0 Å². The number of ether oxygens (including phenoxy) is 1. The van der Waals surface area contributed by atoms with Crippen LogP contribution in [0.3, 0.4) is 0 Å². The minimum absolute atomic E-state index is 0.266. The molecule has 2 nitrogen and oxygen atoms in total. The first-order chi connectivity index (χ1) is 8.11. The first-order valence-electron chi connectivity index (χ1n) is 6.05.